The molecule has 1 atom stereocenters. The maximum atomic E-state index is 12.3. The summed E-state index contributed by atoms with van der Waals surface area (Å²) in [6, 6.07) is 9.46. The van der Waals surface area contributed by atoms with E-state index in [0.29, 0.717) is 37.6 Å². The van der Waals surface area contributed by atoms with Gasteiger partial charge in [0.15, 0.2) is 5.82 Å². The number of hydrogen-bond acceptors (Lipinski definition) is 5. The fourth-order valence-corrected chi connectivity index (χ4v) is 2.72. The van der Waals surface area contributed by atoms with Gasteiger partial charge in [0.1, 0.15) is 6.04 Å². The monoisotopic (exact) mass is 328 g/mol. The normalized spacial score (nSPS) is 17.6. The molecule has 1 fully saturated rings. The number of nitrogens with zero attached hydrogens (tertiary/aromatic N) is 3. The van der Waals surface area contributed by atoms with Crippen LogP contribution in [0, 0.1) is 0 Å². The Labute approximate surface area is 140 Å². The molecular formula is C17H20N4O3. The molecule has 0 radical (unpaired) electrons. The van der Waals surface area contributed by atoms with Crippen LogP contribution in [-0.2, 0) is 22.4 Å². The van der Waals surface area contributed by atoms with Crippen LogP contribution in [0.3, 0.4) is 0 Å². The summed E-state index contributed by atoms with van der Waals surface area (Å²) in [7, 11) is 0. The second-order valence-corrected chi connectivity index (χ2v) is 5.82. The summed E-state index contributed by atoms with van der Waals surface area (Å²) in [6.07, 6.45) is 1.23. The van der Waals surface area contributed by atoms with Gasteiger partial charge in [0, 0.05) is 32.4 Å². The molecule has 126 valence electrons. The molecule has 0 unspecified atom stereocenters. The molecule has 2 heterocycles. The average molecular weight is 328 g/mol. The van der Waals surface area contributed by atoms with Gasteiger partial charge >= 0.3 is 0 Å². The molecule has 1 aromatic carbocycles. The van der Waals surface area contributed by atoms with E-state index in [4.69, 9.17) is 4.52 Å². The number of aromatic nitrogens is 2. The standard InChI is InChI=1S/C17H20N4O3/c1-12-17(23)18-9-10-21(12)16(22)8-7-15-19-14(20-24-15)11-13-5-3-2-4-6-13/h2-6,12H,7-11H2,1H3,(H,18,23)/t12-/m0/s1. The molecule has 2 aromatic rings. The minimum atomic E-state index is -0.428. The minimum absolute atomic E-state index is 0.0693. The van der Waals surface area contributed by atoms with E-state index >= 15 is 0 Å². The van der Waals surface area contributed by atoms with Gasteiger partial charge in [-0.1, -0.05) is 35.5 Å². The zero-order valence-corrected chi connectivity index (χ0v) is 13.6. The van der Waals surface area contributed by atoms with E-state index in [1.54, 1.807) is 11.8 Å². The average Bonchev–Trinajstić information content (AvgIpc) is 3.03. The number of carbonyl (C=O) groups is 2. The first-order valence-electron chi connectivity index (χ1n) is 8.06. The third kappa shape index (κ3) is 3.79. The van der Waals surface area contributed by atoms with Gasteiger partial charge in [0.25, 0.3) is 0 Å². The summed E-state index contributed by atoms with van der Waals surface area (Å²) in [4.78, 5) is 29.8. The lowest BCUT2D eigenvalue weighted by Gasteiger charge is -2.32. The minimum Gasteiger partial charge on any atom is -0.353 e. The molecule has 24 heavy (non-hydrogen) atoms. The molecule has 0 aliphatic carbocycles. The molecule has 0 bridgehead atoms. The third-order valence-electron chi connectivity index (χ3n) is 4.09. The van der Waals surface area contributed by atoms with Crippen molar-refractivity contribution in [2.75, 3.05) is 13.1 Å². The lowest BCUT2D eigenvalue weighted by molar-refractivity contribution is -0.142. The van der Waals surface area contributed by atoms with Crippen LogP contribution in [0.2, 0.25) is 0 Å². The first-order chi connectivity index (χ1) is 11.6. The van der Waals surface area contributed by atoms with Crippen molar-refractivity contribution in [1.82, 2.24) is 20.4 Å². The van der Waals surface area contributed by atoms with Crippen LogP contribution in [0.4, 0.5) is 0 Å². The Morgan fingerprint density at radius 2 is 2.17 bits per heavy atom. The summed E-state index contributed by atoms with van der Waals surface area (Å²) in [5, 5.41) is 6.70. The van der Waals surface area contributed by atoms with Gasteiger partial charge in [-0.3, -0.25) is 9.59 Å². The molecule has 2 amide bonds. The number of aryl methyl sites for hydroxylation is 1. The number of piperazine rings is 1. The highest BCUT2D eigenvalue weighted by Crippen LogP contribution is 2.10. The fourth-order valence-electron chi connectivity index (χ4n) is 2.72. The molecule has 1 aliphatic rings. The highest BCUT2D eigenvalue weighted by Gasteiger charge is 2.29. The fraction of sp³-hybridized carbons (Fsp3) is 0.412. The van der Waals surface area contributed by atoms with E-state index < -0.39 is 6.04 Å². The van der Waals surface area contributed by atoms with Gasteiger partial charge in [-0.25, -0.2) is 0 Å². The molecule has 1 saturated heterocycles. The molecular weight excluding hydrogens is 308 g/mol. The van der Waals surface area contributed by atoms with Crippen molar-refractivity contribution in [3.8, 4) is 0 Å². The van der Waals surface area contributed by atoms with E-state index in [0.717, 1.165) is 5.56 Å². The van der Waals surface area contributed by atoms with Gasteiger partial charge in [-0.2, -0.15) is 4.98 Å². The number of nitrogens with one attached hydrogen (secondary N) is 1. The number of amides is 2. The van der Waals surface area contributed by atoms with Crippen molar-refractivity contribution >= 4 is 11.8 Å². The first kappa shape index (κ1) is 16.2. The molecule has 7 heteroatoms. The van der Waals surface area contributed by atoms with Crippen LogP contribution < -0.4 is 5.32 Å². The predicted molar refractivity (Wildman–Crippen MR) is 86.1 cm³/mol. The molecule has 1 N–H and O–H groups in total. The molecule has 1 aliphatic heterocycles. The quantitative estimate of drug-likeness (QED) is 0.882. The van der Waals surface area contributed by atoms with Crippen LogP contribution in [0.25, 0.3) is 0 Å². The number of hydrogen-bond donors (Lipinski definition) is 1. The van der Waals surface area contributed by atoms with Gasteiger partial charge < -0.3 is 14.7 Å². The van der Waals surface area contributed by atoms with Crippen LogP contribution in [-0.4, -0.2) is 46.0 Å². The Balaban J connectivity index is 1.53. The van der Waals surface area contributed by atoms with Gasteiger partial charge in [-0.05, 0) is 12.5 Å². The van der Waals surface area contributed by atoms with Crippen LogP contribution in [0.15, 0.2) is 34.9 Å². The van der Waals surface area contributed by atoms with Crippen molar-refractivity contribution in [2.45, 2.75) is 32.2 Å². The number of rotatable bonds is 5. The van der Waals surface area contributed by atoms with E-state index in [9.17, 15) is 9.59 Å². The van der Waals surface area contributed by atoms with Gasteiger partial charge in [0.05, 0.1) is 0 Å². The van der Waals surface area contributed by atoms with Crippen LogP contribution in [0.1, 0.15) is 30.6 Å². The smallest absolute Gasteiger partial charge is 0.242 e. The summed E-state index contributed by atoms with van der Waals surface area (Å²) < 4.78 is 5.21. The lowest BCUT2D eigenvalue weighted by Crippen LogP contribution is -2.55. The van der Waals surface area contributed by atoms with E-state index in [1.807, 2.05) is 30.3 Å². The largest absolute Gasteiger partial charge is 0.353 e. The number of carbonyl (C=O) groups excluding carboxylic acids is 2. The number of benzene rings is 1. The van der Waals surface area contributed by atoms with Gasteiger partial charge in [0.2, 0.25) is 17.7 Å². The van der Waals surface area contributed by atoms with Crippen LogP contribution >= 0.6 is 0 Å². The topological polar surface area (TPSA) is 88.3 Å². The summed E-state index contributed by atoms with van der Waals surface area (Å²) >= 11 is 0. The van der Waals surface area contributed by atoms with Crippen molar-refractivity contribution in [3.63, 3.8) is 0 Å². The Morgan fingerprint density at radius 1 is 1.38 bits per heavy atom. The molecule has 1 aromatic heterocycles. The second-order valence-electron chi connectivity index (χ2n) is 5.82. The van der Waals surface area contributed by atoms with E-state index in [-0.39, 0.29) is 18.2 Å². The molecule has 0 saturated carbocycles. The van der Waals surface area contributed by atoms with Crippen molar-refractivity contribution < 1.29 is 14.1 Å². The predicted octanol–water partition coefficient (Wildman–Crippen LogP) is 0.940. The zero-order chi connectivity index (χ0) is 16.9. The maximum Gasteiger partial charge on any atom is 0.242 e. The van der Waals surface area contributed by atoms with Crippen molar-refractivity contribution in [2.24, 2.45) is 0 Å². The van der Waals surface area contributed by atoms with Gasteiger partial charge in [-0.15, -0.1) is 0 Å². The highest BCUT2D eigenvalue weighted by atomic mass is 16.5. The Morgan fingerprint density at radius 3 is 2.96 bits per heavy atom. The highest BCUT2D eigenvalue weighted by molar-refractivity contribution is 5.88. The van der Waals surface area contributed by atoms with E-state index in [2.05, 4.69) is 15.5 Å². The lowest BCUT2D eigenvalue weighted by atomic mass is 10.1. The molecule has 3 rings (SSSR count). The Kier molecular flexibility index (Phi) is 4.88. The maximum absolute atomic E-state index is 12.3. The first-order valence-corrected chi connectivity index (χ1v) is 8.06. The van der Waals surface area contributed by atoms with Crippen molar-refractivity contribution in [3.05, 3.63) is 47.6 Å². The molecule has 7 nitrogen and oxygen atoms in total. The van der Waals surface area contributed by atoms with Crippen LogP contribution in [0.5, 0.6) is 0 Å². The zero-order valence-electron chi connectivity index (χ0n) is 13.6. The second kappa shape index (κ2) is 7.25. The Bertz CT molecular complexity index is 714. The van der Waals surface area contributed by atoms with Crippen molar-refractivity contribution in [1.29, 1.82) is 0 Å². The summed E-state index contributed by atoms with van der Waals surface area (Å²) in [5.74, 6) is 0.871. The Hall–Kier alpha value is -2.70. The SMILES string of the molecule is C[C@H]1C(=O)NCCN1C(=O)CCc1nc(Cc2ccccc2)no1. The van der Waals surface area contributed by atoms with E-state index in [1.165, 1.54) is 0 Å². The third-order valence-corrected chi connectivity index (χ3v) is 4.09. The molecule has 0 spiro atoms. The summed E-state index contributed by atoms with van der Waals surface area (Å²) in [6.45, 7) is 2.77. The summed E-state index contributed by atoms with van der Waals surface area (Å²) in [5.41, 5.74) is 1.11.